The molecular weight excluding hydrogens is 316 g/mol. The van der Waals surface area contributed by atoms with Crippen LogP contribution in [0.4, 0.5) is 5.69 Å². The molecule has 0 aliphatic heterocycles. The van der Waals surface area contributed by atoms with Gasteiger partial charge in [0.2, 0.25) is 0 Å². The molecule has 0 unspecified atom stereocenters. The van der Waals surface area contributed by atoms with Gasteiger partial charge in [-0.2, -0.15) is 0 Å². The molecular formula is C16H13BrN2O. The molecule has 3 nitrogen and oxygen atoms in total. The number of para-hydroxylation sites is 1. The highest BCUT2D eigenvalue weighted by Crippen LogP contribution is 2.24. The number of aryl methyl sites for hydroxylation is 1. The molecule has 2 N–H and O–H groups in total. The SMILES string of the molecule is Cc1ccc(Br)c(NC(=O)c2cc3ccccc3[nH]2)c1. The summed E-state index contributed by atoms with van der Waals surface area (Å²) in [6.45, 7) is 1.99. The summed E-state index contributed by atoms with van der Waals surface area (Å²) >= 11 is 3.44. The number of nitrogens with one attached hydrogen (secondary N) is 2. The number of amides is 1. The Bertz CT molecular complexity index is 759. The number of halogens is 1. The van der Waals surface area contributed by atoms with Crippen LogP contribution < -0.4 is 5.32 Å². The quantitative estimate of drug-likeness (QED) is 0.715. The second kappa shape index (κ2) is 5.13. The molecule has 0 bridgehead atoms. The van der Waals surface area contributed by atoms with E-state index in [1.165, 1.54) is 0 Å². The molecule has 100 valence electrons. The summed E-state index contributed by atoms with van der Waals surface area (Å²) in [6.07, 6.45) is 0. The van der Waals surface area contributed by atoms with Gasteiger partial charge in [0.05, 0.1) is 5.69 Å². The number of fused-ring (bicyclic) bond motifs is 1. The zero-order valence-electron chi connectivity index (χ0n) is 10.9. The lowest BCUT2D eigenvalue weighted by atomic mass is 10.2. The lowest BCUT2D eigenvalue weighted by Gasteiger charge is -2.07. The third-order valence-corrected chi connectivity index (χ3v) is 3.84. The number of hydrogen-bond acceptors (Lipinski definition) is 1. The van der Waals surface area contributed by atoms with Crippen molar-refractivity contribution in [3.05, 3.63) is 64.3 Å². The van der Waals surface area contributed by atoms with Gasteiger partial charge in [-0.3, -0.25) is 4.79 Å². The molecule has 0 atom stereocenters. The molecule has 0 aliphatic carbocycles. The number of benzene rings is 2. The van der Waals surface area contributed by atoms with Crippen LogP contribution in [0.25, 0.3) is 10.9 Å². The van der Waals surface area contributed by atoms with Crippen LogP contribution in [0, 0.1) is 6.92 Å². The first-order chi connectivity index (χ1) is 9.63. The van der Waals surface area contributed by atoms with E-state index in [-0.39, 0.29) is 5.91 Å². The number of H-pyrrole nitrogens is 1. The Morgan fingerprint density at radius 2 is 1.95 bits per heavy atom. The molecule has 0 spiro atoms. The summed E-state index contributed by atoms with van der Waals surface area (Å²) in [7, 11) is 0. The second-order valence-corrected chi connectivity index (χ2v) is 5.56. The van der Waals surface area contributed by atoms with E-state index < -0.39 is 0 Å². The average Bonchev–Trinajstić information content (AvgIpc) is 2.87. The first-order valence-corrected chi connectivity index (χ1v) is 7.08. The van der Waals surface area contributed by atoms with E-state index in [1.54, 1.807) is 0 Å². The van der Waals surface area contributed by atoms with Gasteiger partial charge in [-0.25, -0.2) is 0 Å². The monoisotopic (exact) mass is 328 g/mol. The van der Waals surface area contributed by atoms with E-state index in [9.17, 15) is 4.79 Å². The summed E-state index contributed by atoms with van der Waals surface area (Å²) in [5.74, 6) is -0.146. The highest BCUT2D eigenvalue weighted by molar-refractivity contribution is 9.10. The molecule has 0 saturated carbocycles. The van der Waals surface area contributed by atoms with Crippen molar-refractivity contribution in [3.8, 4) is 0 Å². The van der Waals surface area contributed by atoms with Crippen LogP contribution >= 0.6 is 15.9 Å². The summed E-state index contributed by atoms with van der Waals surface area (Å²) < 4.78 is 0.868. The third kappa shape index (κ3) is 2.47. The molecule has 20 heavy (non-hydrogen) atoms. The lowest BCUT2D eigenvalue weighted by Crippen LogP contribution is -2.12. The topological polar surface area (TPSA) is 44.9 Å². The Morgan fingerprint density at radius 1 is 1.15 bits per heavy atom. The highest BCUT2D eigenvalue weighted by Gasteiger charge is 2.11. The van der Waals surface area contributed by atoms with Crippen LogP contribution in [0.3, 0.4) is 0 Å². The van der Waals surface area contributed by atoms with E-state index >= 15 is 0 Å². The molecule has 0 aliphatic rings. The normalized spacial score (nSPS) is 10.7. The van der Waals surface area contributed by atoms with Crippen LogP contribution in [0.5, 0.6) is 0 Å². The second-order valence-electron chi connectivity index (χ2n) is 4.71. The van der Waals surface area contributed by atoms with Crippen molar-refractivity contribution in [3.63, 3.8) is 0 Å². The molecule has 0 fully saturated rings. The Balaban J connectivity index is 1.90. The van der Waals surface area contributed by atoms with E-state index in [4.69, 9.17) is 0 Å². The molecule has 2 aromatic carbocycles. The Morgan fingerprint density at radius 3 is 2.75 bits per heavy atom. The van der Waals surface area contributed by atoms with Gasteiger partial charge >= 0.3 is 0 Å². The number of rotatable bonds is 2. The molecule has 3 rings (SSSR count). The maximum absolute atomic E-state index is 12.3. The van der Waals surface area contributed by atoms with Crippen molar-refractivity contribution in [1.82, 2.24) is 4.98 Å². The number of aromatic amines is 1. The summed E-state index contributed by atoms with van der Waals surface area (Å²) in [4.78, 5) is 15.4. The Labute approximate surface area is 125 Å². The van der Waals surface area contributed by atoms with Crippen LogP contribution in [0.15, 0.2) is 53.0 Å². The minimum Gasteiger partial charge on any atom is -0.351 e. The average molecular weight is 329 g/mol. The van der Waals surface area contributed by atoms with E-state index in [1.807, 2.05) is 55.5 Å². The fraction of sp³-hybridized carbons (Fsp3) is 0.0625. The van der Waals surface area contributed by atoms with Crippen molar-refractivity contribution in [2.75, 3.05) is 5.32 Å². The minimum atomic E-state index is -0.146. The van der Waals surface area contributed by atoms with Gasteiger partial charge in [0, 0.05) is 15.4 Å². The van der Waals surface area contributed by atoms with Crippen molar-refractivity contribution in [2.24, 2.45) is 0 Å². The summed E-state index contributed by atoms with van der Waals surface area (Å²) in [5.41, 5.74) is 3.38. The largest absolute Gasteiger partial charge is 0.351 e. The van der Waals surface area contributed by atoms with Crippen molar-refractivity contribution >= 4 is 38.4 Å². The first-order valence-electron chi connectivity index (χ1n) is 6.29. The van der Waals surface area contributed by atoms with Crippen molar-refractivity contribution < 1.29 is 4.79 Å². The Hall–Kier alpha value is -2.07. The standard InChI is InChI=1S/C16H13BrN2O/c1-10-6-7-12(17)14(8-10)19-16(20)15-9-11-4-2-3-5-13(11)18-15/h2-9,18H,1H3,(H,19,20). The van der Waals surface area contributed by atoms with Gasteiger partial charge in [-0.1, -0.05) is 24.3 Å². The van der Waals surface area contributed by atoms with Crippen LogP contribution in [0.1, 0.15) is 16.1 Å². The van der Waals surface area contributed by atoms with E-state index in [0.717, 1.165) is 26.6 Å². The fourth-order valence-electron chi connectivity index (χ4n) is 2.12. The molecule has 1 heterocycles. The predicted molar refractivity (Wildman–Crippen MR) is 85.1 cm³/mol. The number of hydrogen-bond donors (Lipinski definition) is 2. The Kier molecular flexibility index (Phi) is 3.32. The smallest absolute Gasteiger partial charge is 0.272 e. The summed E-state index contributed by atoms with van der Waals surface area (Å²) in [5, 5.41) is 3.94. The maximum atomic E-state index is 12.3. The molecule has 1 amide bonds. The van der Waals surface area contributed by atoms with Gasteiger partial charge in [0.1, 0.15) is 5.69 Å². The van der Waals surface area contributed by atoms with Gasteiger partial charge in [-0.15, -0.1) is 0 Å². The van der Waals surface area contributed by atoms with Gasteiger partial charge in [0.25, 0.3) is 5.91 Å². The van der Waals surface area contributed by atoms with Gasteiger partial charge < -0.3 is 10.3 Å². The number of carbonyl (C=O) groups is 1. The molecule has 0 saturated heterocycles. The van der Waals surface area contributed by atoms with Crippen molar-refractivity contribution in [2.45, 2.75) is 6.92 Å². The number of carbonyl (C=O) groups excluding carboxylic acids is 1. The maximum Gasteiger partial charge on any atom is 0.272 e. The van der Waals surface area contributed by atoms with Crippen LogP contribution in [-0.4, -0.2) is 10.9 Å². The predicted octanol–water partition coefficient (Wildman–Crippen LogP) is 4.49. The molecule has 1 aromatic heterocycles. The van der Waals surface area contributed by atoms with Crippen molar-refractivity contribution in [1.29, 1.82) is 0 Å². The number of aromatic nitrogens is 1. The third-order valence-electron chi connectivity index (χ3n) is 3.14. The van der Waals surface area contributed by atoms with Crippen LogP contribution in [0.2, 0.25) is 0 Å². The first kappa shape index (κ1) is 12.9. The molecule has 0 radical (unpaired) electrons. The fourth-order valence-corrected chi connectivity index (χ4v) is 2.47. The highest BCUT2D eigenvalue weighted by atomic mass is 79.9. The number of anilines is 1. The summed E-state index contributed by atoms with van der Waals surface area (Å²) in [6, 6.07) is 15.5. The van der Waals surface area contributed by atoms with E-state index in [2.05, 4.69) is 26.2 Å². The molecule has 4 heteroatoms. The van der Waals surface area contributed by atoms with E-state index in [0.29, 0.717) is 5.69 Å². The van der Waals surface area contributed by atoms with Crippen LogP contribution in [-0.2, 0) is 0 Å². The zero-order chi connectivity index (χ0) is 14.1. The lowest BCUT2D eigenvalue weighted by molar-refractivity contribution is 0.102. The molecule has 3 aromatic rings. The minimum absolute atomic E-state index is 0.146. The van der Waals surface area contributed by atoms with Gasteiger partial charge in [-0.05, 0) is 52.7 Å². The van der Waals surface area contributed by atoms with Gasteiger partial charge in [0.15, 0.2) is 0 Å². The zero-order valence-corrected chi connectivity index (χ0v) is 12.5.